The number of hydrogen-bond donors (Lipinski definition) is 0. The van der Waals surface area contributed by atoms with E-state index in [9.17, 15) is 0 Å². The quantitative estimate of drug-likeness (QED) is 0.166. The van der Waals surface area contributed by atoms with E-state index in [0.717, 1.165) is 0 Å². The van der Waals surface area contributed by atoms with Crippen molar-refractivity contribution in [1.82, 2.24) is 0 Å². The molecule has 8 heteroatoms. The monoisotopic (exact) mass is 544 g/mol. The van der Waals surface area contributed by atoms with Crippen LogP contribution in [0.25, 0.3) is 0 Å². The fourth-order valence-corrected chi connectivity index (χ4v) is 6.78. The summed E-state index contributed by atoms with van der Waals surface area (Å²) in [5.41, 5.74) is 2.70. The van der Waals surface area contributed by atoms with Gasteiger partial charge in [0, 0.05) is 6.42 Å². The van der Waals surface area contributed by atoms with E-state index in [1.54, 1.807) is 0 Å². The third kappa shape index (κ3) is 8.67. The first kappa shape index (κ1) is 32.8. The Morgan fingerprint density at radius 1 is 0.800 bits per heavy atom. The predicted molar refractivity (Wildman–Crippen MR) is 155 cm³/mol. The van der Waals surface area contributed by atoms with Crippen molar-refractivity contribution in [3.63, 3.8) is 0 Å². The van der Waals surface area contributed by atoms with E-state index in [2.05, 4.69) is 114 Å². The van der Waals surface area contributed by atoms with Crippen LogP contribution in [-0.2, 0) is 22.8 Å². The predicted octanol–water partition coefficient (Wildman–Crippen LogP) is 8.22. The lowest BCUT2D eigenvalue weighted by molar-refractivity contribution is -0.234. The van der Waals surface area contributed by atoms with Crippen molar-refractivity contribution in [1.29, 1.82) is 0 Å². The van der Waals surface area contributed by atoms with Crippen molar-refractivity contribution in [3.05, 3.63) is 18.6 Å². The van der Waals surface area contributed by atoms with E-state index < -0.39 is 31.2 Å². The number of hydrogen-bond acceptors (Lipinski definition) is 5. The molecule has 0 unspecified atom stereocenters. The van der Waals surface area contributed by atoms with Gasteiger partial charge in [0.05, 0.1) is 18.8 Å². The van der Waals surface area contributed by atoms with Crippen molar-refractivity contribution in [3.8, 4) is 0 Å². The molecule has 206 valence electrons. The molecule has 0 bridgehead atoms. The molecule has 0 radical (unpaired) electrons. The molecule has 0 amide bonds. The standard InChI is InChI=1S/C27H56O5Si3/c1-17-18-28-23-19-21(31-34(13,14)26(5,6)7)24(32-35(15,16)27(8,9)10)22(30-23)20-29-33(11,12)25(2,3)4/h18,21-24H,1,19-20H2,2-16H3/t21-,22-,23-,24-/m1/s1. The first-order valence-electron chi connectivity index (χ1n) is 13.1. The zero-order valence-electron chi connectivity index (χ0n) is 25.5. The zero-order chi connectivity index (χ0) is 27.7. The van der Waals surface area contributed by atoms with Gasteiger partial charge in [0.15, 0.2) is 25.0 Å². The minimum Gasteiger partial charge on any atom is -0.464 e. The largest absolute Gasteiger partial charge is 0.464 e. The summed E-state index contributed by atoms with van der Waals surface area (Å²) in [6, 6.07) is 0. The molecule has 1 heterocycles. The van der Waals surface area contributed by atoms with Gasteiger partial charge in [-0.25, -0.2) is 0 Å². The molecule has 0 saturated carbocycles. The summed E-state index contributed by atoms with van der Waals surface area (Å²) in [6.07, 6.45) is 0.976. The Kier molecular flexibility index (Phi) is 10.6. The summed E-state index contributed by atoms with van der Waals surface area (Å²) in [6.45, 7) is 38.3. The van der Waals surface area contributed by atoms with Crippen molar-refractivity contribution in [2.24, 2.45) is 0 Å². The summed E-state index contributed by atoms with van der Waals surface area (Å²) in [7, 11) is -6.18. The summed E-state index contributed by atoms with van der Waals surface area (Å²) in [5, 5.41) is 0.256. The normalized spacial score (nSPS) is 25.2. The second-order valence-corrected chi connectivity index (χ2v) is 29.0. The van der Waals surface area contributed by atoms with Crippen LogP contribution in [0.1, 0.15) is 68.7 Å². The number of rotatable bonds is 9. The van der Waals surface area contributed by atoms with E-state index in [1.165, 1.54) is 6.26 Å². The highest BCUT2D eigenvalue weighted by Crippen LogP contribution is 2.44. The van der Waals surface area contributed by atoms with Gasteiger partial charge in [-0.2, -0.15) is 0 Å². The fourth-order valence-electron chi connectivity index (χ4n) is 3.08. The Labute approximate surface area is 220 Å². The summed E-state index contributed by atoms with van der Waals surface area (Å²) in [4.78, 5) is 0. The molecule has 4 atom stereocenters. The third-order valence-corrected chi connectivity index (χ3v) is 22.2. The van der Waals surface area contributed by atoms with Crippen LogP contribution < -0.4 is 0 Å². The van der Waals surface area contributed by atoms with Gasteiger partial charge in [-0.05, 0) is 54.4 Å². The fraction of sp³-hybridized carbons (Fsp3) is 0.889. The van der Waals surface area contributed by atoms with E-state index >= 15 is 0 Å². The molecule has 0 aromatic carbocycles. The molecule has 0 aromatic rings. The minimum atomic E-state index is -2.12. The highest BCUT2D eigenvalue weighted by Gasteiger charge is 2.51. The molecule has 1 aliphatic rings. The van der Waals surface area contributed by atoms with Gasteiger partial charge in [-0.1, -0.05) is 74.6 Å². The minimum absolute atomic E-state index is 0.0677. The molecule has 1 fully saturated rings. The van der Waals surface area contributed by atoms with E-state index in [1.807, 2.05) is 0 Å². The lowest BCUT2D eigenvalue weighted by Gasteiger charge is -2.50. The van der Waals surface area contributed by atoms with Crippen molar-refractivity contribution in [2.45, 2.75) is 148 Å². The van der Waals surface area contributed by atoms with Gasteiger partial charge in [-0.3, -0.25) is 0 Å². The van der Waals surface area contributed by atoms with Crippen molar-refractivity contribution < 1.29 is 22.8 Å². The van der Waals surface area contributed by atoms with Crippen LogP contribution >= 0.6 is 0 Å². The topological polar surface area (TPSA) is 46.2 Å². The average Bonchev–Trinajstić information content (AvgIpc) is 2.63. The molecule has 0 aliphatic carbocycles. The van der Waals surface area contributed by atoms with Crippen LogP contribution in [0, 0.1) is 0 Å². The third-order valence-electron chi connectivity index (χ3n) is 8.69. The summed E-state index contributed by atoms with van der Waals surface area (Å²) < 4.78 is 33.2. The Morgan fingerprint density at radius 2 is 1.26 bits per heavy atom. The Morgan fingerprint density at radius 3 is 1.69 bits per heavy atom. The highest BCUT2D eigenvalue weighted by molar-refractivity contribution is 6.75. The maximum Gasteiger partial charge on any atom is 0.202 e. The first-order chi connectivity index (χ1) is 15.5. The molecule has 5 nitrogen and oxygen atoms in total. The van der Waals surface area contributed by atoms with Crippen LogP contribution in [0.3, 0.4) is 0 Å². The lowest BCUT2D eigenvalue weighted by Crippen LogP contribution is -2.61. The lowest BCUT2D eigenvalue weighted by atomic mass is 10.0. The molecule has 1 saturated heterocycles. The van der Waals surface area contributed by atoms with Crippen LogP contribution in [-0.4, -0.2) is 56.2 Å². The maximum absolute atomic E-state index is 7.08. The zero-order valence-corrected chi connectivity index (χ0v) is 28.5. The Hall–Kier alpha value is -0.189. The van der Waals surface area contributed by atoms with Gasteiger partial charge < -0.3 is 22.8 Å². The van der Waals surface area contributed by atoms with Crippen LogP contribution in [0.5, 0.6) is 0 Å². The molecule has 0 spiro atoms. The van der Waals surface area contributed by atoms with E-state index in [-0.39, 0.29) is 33.4 Å². The van der Waals surface area contributed by atoms with Gasteiger partial charge in [0.1, 0.15) is 12.4 Å². The smallest absolute Gasteiger partial charge is 0.202 e. The Bertz CT molecular complexity index is 737. The second-order valence-electron chi connectivity index (χ2n) is 14.6. The van der Waals surface area contributed by atoms with E-state index in [0.29, 0.717) is 13.0 Å². The molecular formula is C27H56O5Si3. The average molecular weight is 545 g/mol. The molecular weight excluding hydrogens is 489 g/mol. The van der Waals surface area contributed by atoms with Crippen LogP contribution in [0.15, 0.2) is 18.6 Å². The Balaban J connectivity index is 3.45. The van der Waals surface area contributed by atoms with Crippen LogP contribution in [0.4, 0.5) is 0 Å². The van der Waals surface area contributed by atoms with Gasteiger partial charge in [0.25, 0.3) is 0 Å². The molecule has 1 aliphatic heterocycles. The molecule has 0 N–H and O–H groups in total. The molecule has 1 rings (SSSR count). The van der Waals surface area contributed by atoms with Gasteiger partial charge in [0.2, 0.25) is 6.29 Å². The van der Waals surface area contributed by atoms with Crippen molar-refractivity contribution >= 4 is 25.0 Å². The van der Waals surface area contributed by atoms with Crippen molar-refractivity contribution in [2.75, 3.05) is 6.61 Å². The maximum atomic E-state index is 7.08. The number of ether oxygens (including phenoxy) is 2. The molecule has 0 aromatic heterocycles. The highest BCUT2D eigenvalue weighted by atomic mass is 28.4. The van der Waals surface area contributed by atoms with E-state index in [4.69, 9.17) is 22.8 Å². The molecule has 35 heavy (non-hydrogen) atoms. The van der Waals surface area contributed by atoms with Gasteiger partial charge in [-0.15, -0.1) is 0 Å². The summed E-state index contributed by atoms with van der Waals surface area (Å²) in [5.74, 6) is 0. The first-order valence-corrected chi connectivity index (χ1v) is 21.8. The SMILES string of the molecule is C=C=CO[C@H]1C[C@@H](O[Si](C)(C)C(C)(C)C)[C@@H](O[Si](C)(C)C(C)(C)C)[C@@H](CO[Si](C)(C)C(C)(C)C)O1. The second kappa shape index (κ2) is 11.3. The van der Waals surface area contributed by atoms with Crippen LogP contribution in [0.2, 0.25) is 54.4 Å². The van der Waals surface area contributed by atoms with Gasteiger partial charge >= 0.3 is 0 Å². The summed E-state index contributed by atoms with van der Waals surface area (Å²) >= 11 is 0.